The Bertz CT molecular complexity index is 519. The largest absolute Gasteiger partial charge is 0.389 e. The standard InChI is InChI=1S/C16H23N3O/c1-11-9-19(10-16(11)18(3)4)15-7-13(8-17)5-6-14(15)12(2)20/h5-7,11-12,16,20H,9-10H2,1-4H3/t11?,12-,16?/m0/s1. The summed E-state index contributed by atoms with van der Waals surface area (Å²) in [5, 5.41) is 19.0. The molecule has 0 radical (unpaired) electrons. The summed E-state index contributed by atoms with van der Waals surface area (Å²) in [6.07, 6.45) is -0.522. The molecule has 1 aliphatic rings. The highest BCUT2D eigenvalue weighted by molar-refractivity contribution is 5.59. The van der Waals surface area contributed by atoms with E-state index in [0.717, 1.165) is 24.3 Å². The summed E-state index contributed by atoms with van der Waals surface area (Å²) in [7, 11) is 4.21. The van der Waals surface area contributed by atoms with Gasteiger partial charge in [0.1, 0.15) is 0 Å². The lowest BCUT2D eigenvalue weighted by atomic mass is 10.0. The molecular formula is C16H23N3O. The van der Waals surface area contributed by atoms with Gasteiger partial charge in [0.05, 0.1) is 17.7 Å². The van der Waals surface area contributed by atoms with Gasteiger partial charge in [0.2, 0.25) is 0 Å². The van der Waals surface area contributed by atoms with Gasteiger partial charge in [0.15, 0.2) is 0 Å². The number of rotatable bonds is 3. The predicted molar refractivity (Wildman–Crippen MR) is 80.6 cm³/mol. The first-order valence-electron chi connectivity index (χ1n) is 7.07. The van der Waals surface area contributed by atoms with E-state index in [1.54, 1.807) is 13.0 Å². The molecule has 1 saturated heterocycles. The van der Waals surface area contributed by atoms with Crippen molar-refractivity contribution in [1.82, 2.24) is 4.90 Å². The van der Waals surface area contributed by atoms with Crippen LogP contribution in [0.15, 0.2) is 18.2 Å². The monoisotopic (exact) mass is 273 g/mol. The number of hydrogen-bond donors (Lipinski definition) is 1. The summed E-state index contributed by atoms with van der Waals surface area (Å²) in [4.78, 5) is 4.54. The molecule has 1 N–H and O–H groups in total. The molecule has 20 heavy (non-hydrogen) atoms. The van der Waals surface area contributed by atoms with Crippen LogP contribution in [-0.4, -0.2) is 43.2 Å². The highest BCUT2D eigenvalue weighted by Crippen LogP contribution is 2.32. The Kier molecular flexibility index (Phi) is 4.32. The molecular weight excluding hydrogens is 250 g/mol. The summed E-state index contributed by atoms with van der Waals surface area (Å²) in [5.41, 5.74) is 2.54. The zero-order valence-electron chi connectivity index (χ0n) is 12.7. The Labute approximate surface area is 121 Å². The van der Waals surface area contributed by atoms with E-state index in [-0.39, 0.29) is 0 Å². The van der Waals surface area contributed by atoms with Crippen LogP contribution in [0, 0.1) is 17.2 Å². The van der Waals surface area contributed by atoms with Crippen molar-refractivity contribution in [3.8, 4) is 6.07 Å². The van der Waals surface area contributed by atoms with E-state index in [1.807, 2.05) is 12.1 Å². The molecule has 1 aliphatic heterocycles. The maximum Gasteiger partial charge on any atom is 0.0992 e. The molecule has 0 aliphatic carbocycles. The number of benzene rings is 1. The number of likely N-dealkylation sites (N-methyl/N-ethyl adjacent to an activating group) is 1. The Morgan fingerprint density at radius 1 is 1.40 bits per heavy atom. The number of hydrogen-bond acceptors (Lipinski definition) is 4. The maximum atomic E-state index is 9.95. The fourth-order valence-electron chi connectivity index (χ4n) is 3.06. The van der Waals surface area contributed by atoms with Gasteiger partial charge in [0.25, 0.3) is 0 Å². The van der Waals surface area contributed by atoms with Gasteiger partial charge >= 0.3 is 0 Å². The molecule has 0 bridgehead atoms. The van der Waals surface area contributed by atoms with Crippen LogP contribution in [0.25, 0.3) is 0 Å². The number of aliphatic hydroxyl groups is 1. The summed E-state index contributed by atoms with van der Waals surface area (Å²) in [5.74, 6) is 0.567. The fraction of sp³-hybridized carbons (Fsp3) is 0.562. The zero-order chi connectivity index (χ0) is 14.9. The molecule has 0 saturated carbocycles. The lowest BCUT2D eigenvalue weighted by molar-refractivity contribution is 0.199. The van der Waals surface area contributed by atoms with Crippen LogP contribution in [0.5, 0.6) is 0 Å². The van der Waals surface area contributed by atoms with Gasteiger partial charge in [-0.15, -0.1) is 0 Å². The van der Waals surface area contributed by atoms with E-state index >= 15 is 0 Å². The van der Waals surface area contributed by atoms with Gasteiger partial charge < -0.3 is 14.9 Å². The van der Waals surface area contributed by atoms with Crippen molar-refractivity contribution >= 4 is 5.69 Å². The van der Waals surface area contributed by atoms with Crippen LogP contribution in [0.4, 0.5) is 5.69 Å². The van der Waals surface area contributed by atoms with Gasteiger partial charge in [-0.25, -0.2) is 0 Å². The predicted octanol–water partition coefficient (Wildman–Crippen LogP) is 2.00. The molecule has 3 atom stereocenters. The third-order valence-corrected chi connectivity index (χ3v) is 4.19. The van der Waals surface area contributed by atoms with Crippen LogP contribution in [0.1, 0.15) is 31.1 Å². The molecule has 0 amide bonds. The van der Waals surface area contributed by atoms with Crippen LogP contribution < -0.4 is 4.90 Å². The minimum absolute atomic E-state index is 0.502. The van der Waals surface area contributed by atoms with Crippen LogP contribution >= 0.6 is 0 Å². The van der Waals surface area contributed by atoms with Crippen molar-refractivity contribution in [2.24, 2.45) is 5.92 Å². The molecule has 0 spiro atoms. The molecule has 2 unspecified atom stereocenters. The number of nitriles is 1. The third kappa shape index (κ3) is 2.79. The minimum atomic E-state index is -0.522. The van der Waals surface area contributed by atoms with Crippen molar-refractivity contribution in [3.05, 3.63) is 29.3 Å². The summed E-state index contributed by atoms with van der Waals surface area (Å²) < 4.78 is 0. The number of anilines is 1. The van der Waals surface area contributed by atoms with Crippen molar-refractivity contribution in [2.45, 2.75) is 26.0 Å². The topological polar surface area (TPSA) is 50.5 Å². The lowest BCUT2D eigenvalue weighted by Crippen LogP contribution is -2.34. The Balaban J connectivity index is 2.35. The van der Waals surface area contributed by atoms with Crippen LogP contribution in [-0.2, 0) is 0 Å². The molecule has 4 heteroatoms. The van der Waals surface area contributed by atoms with E-state index in [4.69, 9.17) is 5.26 Å². The molecule has 1 aromatic carbocycles. The third-order valence-electron chi connectivity index (χ3n) is 4.19. The van der Waals surface area contributed by atoms with Crippen molar-refractivity contribution in [3.63, 3.8) is 0 Å². The molecule has 1 aromatic rings. The second kappa shape index (κ2) is 5.82. The quantitative estimate of drug-likeness (QED) is 0.915. The van der Waals surface area contributed by atoms with E-state index in [9.17, 15) is 5.11 Å². The molecule has 108 valence electrons. The highest BCUT2D eigenvalue weighted by Gasteiger charge is 2.32. The van der Waals surface area contributed by atoms with E-state index in [2.05, 4.69) is 36.9 Å². The van der Waals surface area contributed by atoms with Crippen molar-refractivity contribution in [1.29, 1.82) is 5.26 Å². The maximum absolute atomic E-state index is 9.95. The molecule has 0 aromatic heterocycles. The summed E-state index contributed by atoms with van der Waals surface area (Å²) >= 11 is 0. The lowest BCUT2D eigenvalue weighted by Gasteiger charge is -2.25. The summed E-state index contributed by atoms with van der Waals surface area (Å²) in [6.45, 7) is 5.91. The van der Waals surface area contributed by atoms with Gasteiger partial charge in [-0.05, 0) is 39.1 Å². The second-order valence-corrected chi connectivity index (χ2v) is 5.97. The highest BCUT2D eigenvalue weighted by atomic mass is 16.3. The van der Waals surface area contributed by atoms with E-state index in [0.29, 0.717) is 17.5 Å². The fourth-order valence-corrected chi connectivity index (χ4v) is 3.06. The van der Waals surface area contributed by atoms with E-state index in [1.165, 1.54) is 0 Å². The average Bonchev–Trinajstić information content (AvgIpc) is 2.80. The number of aliphatic hydroxyl groups excluding tert-OH is 1. The van der Waals surface area contributed by atoms with Crippen LogP contribution in [0.2, 0.25) is 0 Å². The molecule has 2 rings (SSSR count). The number of nitrogens with zero attached hydrogens (tertiary/aromatic N) is 3. The molecule has 1 heterocycles. The SMILES string of the molecule is CC1CN(c2cc(C#N)ccc2[C@H](C)O)CC1N(C)C. The Morgan fingerprint density at radius 3 is 2.60 bits per heavy atom. The summed E-state index contributed by atoms with van der Waals surface area (Å²) in [6, 6.07) is 8.22. The first-order chi connectivity index (χ1) is 9.43. The normalized spacial score (nSPS) is 23.9. The van der Waals surface area contributed by atoms with Gasteiger partial charge in [-0.3, -0.25) is 0 Å². The minimum Gasteiger partial charge on any atom is -0.389 e. The van der Waals surface area contributed by atoms with E-state index < -0.39 is 6.10 Å². The first kappa shape index (κ1) is 14.8. The van der Waals surface area contributed by atoms with Gasteiger partial charge in [0, 0.05) is 30.4 Å². The first-order valence-corrected chi connectivity index (χ1v) is 7.07. The second-order valence-electron chi connectivity index (χ2n) is 5.97. The molecule has 1 fully saturated rings. The van der Waals surface area contributed by atoms with Crippen LogP contribution in [0.3, 0.4) is 0 Å². The Morgan fingerprint density at radius 2 is 2.10 bits per heavy atom. The van der Waals surface area contributed by atoms with Crippen molar-refractivity contribution in [2.75, 3.05) is 32.1 Å². The van der Waals surface area contributed by atoms with Gasteiger partial charge in [-0.1, -0.05) is 13.0 Å². The van der Waals surface area contributed by atoms with Crippen molar-refractivity contribution < 1.29 is 5.11 Å². The average molecular weight is 273 g/mol. The van der Waals surface area contributed by atoms with Gasteiger partial charge in [-0.2, -0.15) is 5.26 Å². The zero-order valence-corrected chi connectivity index (χ0v) is 12.7. The smallest absolute Gasteiger partial charge is 0.0992 e. The molecule has 4 nitrogen and oxygen atoms in total. The Hall–Kier alpha value is -1.57.